The van der Waals surface area contributed by atoms with E-state index in [1.165, 1.54) is 0 Å². The van der Waals surface area contributed by atoms with Crippen molar-refractivity contribution in [1.29, 1.82) is 0 Å². The molecule has 1 aliphatic heterocycles. The number of nitrogens with one attached hydrogen (secondary N) is 2. The maximum atomic E-state index is 11.9. The van der Waals surface area contributed by atoms with Crippen LogP contribution in [0.4, 0.5) is 5.69 Å². The molecule has 1 aromatic rings. The number of amides is 2. The normalized spacial score (nSPS) is 13.9. The van der Waals surface area contributed by atoms with Crippen molar-refractivity contribution < 1.29 is 14.3 Å². The summed E-state index contributed by atoms with van der Waals surface area (Å²) in [6, 6.07) is 6.78. The van der Waals surface area contributed by atoms with E-state index in [1.54, 1.807) is 41.4 Å². The van der Waals surface area contributed by atoms with Crippen LogP contribution >= 0.6 is 11.8 Å². The topological polar surface area (TPSA) is 67.4 Å². The summed E-state index contributed by atoms with van der Waals surface area (Å²) in [5.41, 5.74) is 1.21. The Morgan fingerprint density at radius 3 is 2.62 bits per heavy atom. The SMILES string of the molecule is CCCNC(=O)c1ccc(NC(=O)C2=CSCCO2)cc1. The highest BCUT2D eigenvalue weighted by molar-refractivity contribution is 8.02. The first-order valence-electron chi connectivity index (χ1n) is 6.85. The van der Waals surface area contributed by atoms with Crippen molar-refractivity contribution in [3.05, 3.63) is 41.0 Å². The molecule has 0 spiro atoms. The molecule has 1 heterocycles. The molecule has 1 aromatic carbocycles. The lowest BCUT2D eigenvalue weighted by atomic mass is 10.2. The van der Waals surface area contributed by atoms with Crippen LogP contribution in [-0.2, 0) is 9.53 Å². The molecule has 21 heavy (non-hydrogen) atoms. The van der Waals surface area contributed by atoms with Crippen molar-refractivity contribution in [2.45, 2.75) is 13.3 Å². The van der Waals surface area contributed by atoms with Gasteiger partial charge in [-0.25, -0.2) is 0 Å². The number of carbonyl (C=O) groups is 2. The average Bonchev–Trinajstić information content (AvgIpc) is 2.54. The number of carbonyl (C=O) groups excluding carboxylic acids is 2. The second-order valence-corrected chi connectivity index (χ2v) is 5.47. The van der Waals surface area contributed by atoms with Crippen molar-refractivity contribution in [2.24, 2.45) is 0 Å². The standard InChI is InChI=1S/C15H18N2O3S/c1-2-7-16-14(18)11-3-5-12(6-4-11)17-15(19)13-10-21-9-8-20-13/h3-6,10H,2,7-9H2,1H3,(H,16,18)(H,17,19). The first kappa shape index (κ1) is 15.4. The monoisotopic (exact) mass is 306 g/mol. The maximum Gasteiger partial charge on any atom is 0.291 e. The van der Waals surface area contributed by atoms with Gasteiger partial charge in [-0.1, -0.05) is 6.92 Å². The van der Waals surface area contributed by atoms with Crippen LogP contribution in [0.25, 0.3) is 0 Å². The average molecular weight is 306 g/mol. The Hall–Kier alpha value is -1.95. The van der Waals surface area contributed by atoms with Gasteiger partial charge in [-0.05, 0) is 30.7 Å². The van der Waals surface area contributed by atoms with E-state index in [1.807, 2.05) is 6.92 Å². The minimum atomic E-state index is -0.273. The van der Waals surface area contributed by atoms with Crippen LogP contribution in [0, 0.1) is 0 Å². The zero-order chi connectivity index (χ0) is 15.1. The number of hydrogen-bond donors (Lipinski definition) is 2. The van der Waals surface area contributed by atoms with Crippen LogP contribution in [-0.4, -0.2) is 30.7 Å². The Bertz CT molecular complexity index is 540. The molecule has 6 heteroatoms. The van der Waals surface area contributed by atoms with Gasteiger partial charge in [0.15, 0.2) is 5.76 Å². The lowest BCUT2D eigenvalue weighted by Crippen LogP contribution is -2.24. The minimum absolute atomic E-state index is 0.107. The summed E-state index contributed by atoms with van der Waals surface area (Å²) >= 11 is 1.56. The Labute approximate surface area is 128 Å². The van der Waals surface area contributed by atoms with Crippen LogP contribution < -0.4 is 10.6 Å². The fourth-order valence-electron chi connectivity index (χ4n) is 1.73. The molecule has 0 aliphatic carbocycles. The van der Waals surface area contributed by atoms with Crippen LogP contribution in [0.1, 0.15) is 23.7 Å². The van der Waals surface area contributed by atoms with E-state index < -0.39 is 0 Å². The fourth-order valence-corrected chi connectivity index (χ4v) is 2.35. The van der Waals surface area contributed by atoms with Gasteiger partial charge in [0.25, 0.3) is 11.8 Å². The summed E-state index contributed by atoms with van der Waals surface area (Å²) in [7, 11) is 0. The first-order valence-corrected chi connectivity index (χ1v) is 7.89. The van der Waals surface area contributed by atoms with Gasteiger partial charge in [-0.3, -0.25) is 9.59 Å². The minimum Gasteiger partial charge on any atom is -0.487 e. The molecular weight excluding hydrogens is 288 g/mol. The number of thioether (sulfide) groups is 1. The molecule has 5 nitrogen and oxygen atoms in total. The van der Waals surface area contributed by atoms with Gasteiger partial charge in [0.05, 0.1) is 6.61 Å². The van der Waals surface area contributed by atoms with Crippen LogP contribution in [0.3, 0.4) is 0 Å². The highest BCUT2D eigenvalue weighted by atomic mass is 32.2. The third-order valence-electron chi connectivity index (χ3n) is 2.81. The quantitative estimate of drug-likeness (QED) is 0.876. The Morgan fingerprint density at radius 2 is 2.00 bits per heavy atom. The van der Waals surface area contributed by atoms with Gasteiger partial charge >= 0.3 is 0 Å². The van der Waals surface area contributed by atoms with Crippen molar-refractivity contribution in [3.63, 3.8) is 0 Å². The molecule has 0 aromatic heterocycles. The number of benzene rings is 1. The number of ether oxygens (including phenoxy) is 1. The zero-order valence-electron chi connectivity index (χ0n) is 11.8. The van der Waals surface area contributed by atoms with Crippen LogP contribution in [0.2, 0.25) is 0 Å². The van der Waals surface area contributed by atoms with E-state index in [-0.39, 0.29) is 11.8 Å². The van der Waals surface area contributed by atoms with E-state index in [9.17, 15) is 9.59 Å². The predicted octanol–water partition coefficient (Wildman–Crippen LogP) is 2.37. The van der Waals surface area contributed by atoms with Crippen molar-refractivity contribution in [1.82, 2.24) is 5.32 Å². The molecule has 0 radical (unpaired) electrons. The molecular formula is C15H18N2O3S. The predicted molar refractivity (Wildman–Crippen MR) is 84.2 cm³/mol. The second-order valence-electron chi connectivity index (χ2n) is 4.49. The van der Waals surface area contributed by atoms with Gasteiger partial charge < -0.3 is 15.4 Å². The lowest BCUT2D eigenvalue weighted by molar-refractivity contribution is -0.116. The maximum absolute atomic E-state index is 11.9. The summed E-state index contributed by atoms with van der Waals surface area (Å²) in [6.45, 7) is 3.19. The summed E-state index contributed by atoms with van der Waals surface area (Å²) < 4.78 is 5.28. The number of hydrogen-bond acceptors (Lipinski definition) is 4. The highest BCUT2D eigenvalue weighted by Crippen LogP contribution is 2.17. The Morgan fingerprint density at radius 1 is 1.24 bits per heavy atom. The molecule has 2 amide bonds. The molecule has 2 rings (SSSR count). The molecule has 0 saturated carbocycles. The van der Waals surface area contributed by atoms with Crippen LogP contribution in [0.5, 0.6) is 0 Å². The van der Waals surface area contributed by atoms with Crippen molar-refractivity contribution in [2.75, 3.05) is 24.2 Å². The van der Waals surface area contributed by atoms with Gasteiger partial charge in [-0.15, -0.1) is 11.8 Å². The summed E-state index contributed by atoms with van der Waals surface area (Å²) in [6.07, 6.45) is 0.896. The molecule has 112 valence electrons. The second kappa shape index (κ2) is 7.73. The lowest BCUT2D eigenvalue weighted by Gasteiger charge is -2.14. The highest BCUT2D eigenvalue weighted by Gasteiger charge is 2.14. The summed E-state index contributed by atoms with van der Waals surface area (Å²) in [5.74, 6) is 0.809. The van der Waals surface area contributed by atoms with Gasteiger partial charge in [0.1, 0.15) is 0 Å². The summed E-state index contributed by atoms with van der Waals surface area (Å²) in [4.78, 5) is 23.7. The Balaban J connectivity index is 1.94. The zero-order valence-corrected chi connectivity index (χ0v) is 12.7. The molecule has 0 saturated heterocycles. The molecule has 0 unspecified atom stereocenters. The van der Waals surface area contributed by atoms with Crippen molar-refractivity contribution in [3.8, 4) is 0 Å². The van der Waals surface area contributed by atoms with Gasteiger partial charge in [0.2, 0.25) is 0 Å². The first-order chi connectivity index (χ1) is 10.2. The van der Waals surface area contributed by atoms with Crippen molar-refractivity contribution >= 4 is 29.3 Å². The molecule has 0 atom stereocenters. The molecule has 1 aliphatic rings. The van der Waals surface area contributed by atoms with E-state index in [0.717, 1.165) is 12.2 Å². The third-order valence-corrected chi connectivity index (χ3v) is 3.60. The third kappa shape index (κ3) is 4.53. The molecule has 0 bridgehead atoms. The van der Waals surface area contributed by atoms with E-state index >= 15 is 0 Å². The van der Waals surface area contributed by atoms with E-state index in [2.05, 4.69) is 10.6 Å². The van der Waals surface area contributed by atoms with Crippen LogP contribution in [0.15, 0.2) is 35.4 Å². The molecule has 2 N–H and O–H groups in total. The number of anilines is 1. The Kier molecular flexibility index (Phi) is 5.68. The molecule has 0 fully saturated rings. The smallest absolute Gasteiger partial charge is 0.291 e. The van der Waals surface area contributed by atoms with E-state index in [0.29, 0.717) is 30.2 Å². The largest absolute Gasteiger partial charge is 0.487 e. The fraction of sp³-hybridized carbons (Fsp3) is 0.333. The van der Waals surface area contributed by atoms with Gasteiger partial charge in [-0.2, -0.15) is 0 Å². The van der Waals surface area contributed by atoms with E-state index in [4.69, 9.17) is 4.74 Å². The van der Waals surface area contributed by atoms with Gasteiger partial charge in [0, 0.05) is 29.0 Å². The summed E-state index contributed by atoms with van der Waals surface area (Å²) in [5, 5.41) is 7.26. The number of rotatable bonds is 5.